The lowest BCUT2D eigenvalue weighted by atomic mass is 10.1. The maximum Gasteiger partial charge on any atom is 0.224 e. The van der Waals surface area contributed by atoms with E-state index < -0.39 is 0 Å². The maximum absolute atomic E-state index is 12.0. The van der Waals surface area contributed by atoms with E-state index in [1.165, 1.54) is 5.56 Å². The Hall–Kier alpha value is -2.54. The highest BCUT2D eigenvalue weighted by Crippen LogP contribution is 2.30. The highest BCUT2D eigenvalue weighted by Gasteiger charge is 2.24. The van der Waals surface area contributed by atoms with Gasteiger partial charge in [0.05, 0.1) is 12.3 Å². The van der Waals surface area contributed by atoms with Crippen molar-refractivity contribution in [3.8, 4) is 11.3 Å². The van der Waals surface area contributed by atoms with Gasteiger partial charge in [0.15, 0.2) is 0 Å². The van der Waals surface area contributed by atoms with Crippen LogP contribution in [0.2, 0.25) is 0 Å². The van der Waals surface area contributed by atoms with E-state index in [2.05, 4.69) is 45.9 Å². The van der Waals surface area contributed by atoms with Crippen molar-refractivity contribution in [3.63, 3.8) is 0 Å². The van der Waals surface area contributed by atoms with Crippen LogP contribution >= 0.6 is 11.3 Å². The molecule has 0 bridgehead atoms. The van der Waals surface area contributed by atoms with Gasteiger partial charge in [-0.25, -0.2) is 4.98 Å². The van der Waals surface area contributed by atoms with Crippen LogP contribution in [0.3, 0.4) is 0 Å². The first-order valence-electron chi connectivity index (χ1n) is 10.8. The molecule has 0 aliphatic carbocycles. The Morgan fingerprint density at radius 2 is 1.97 bits per heavy atom. The molecule has 2 aromatic carbocycles. The third-order valence-corrected chi connectivity index (χ3v) is 6.19. The summed E-state index contributed by atoms with van der Waals surface area (Å²) >= 11 is 1.65. The molecule has 1 saturated heterocycles. The first-order chi connectivity index (χ1) is 15.1. The van der Waals surface area contributed by atoms with Crippen LogP contribution in [-0.4, -0.2) is 35.5 Å². The van der Waals surface area contributed by atoms with Crippen molar-refractivity contribution in [1.82, 2.24) is 9.88 Å². The van der Waals surface area contributed by atoms with Gasteiger partial charge in [-0.05, 0) is 23.6 Å². The van der Waals surface area contributed by atoms with E-state index in [1.807, 2.05) is 38.1 Å². The number of carbonyl (C=O) groups excluding carboxylic acids is 1. The zero-order valence-electron chi connectivity index (χ0n) is 18.1. The van der Waals surface area contributed by atoms with Crippen molar-refractivity contribution in [2.24, 2.45) is 5.92 Å². The first-order valence-corrected chi connectivity index (χ1v) is 11.7. The Morgan fingerprint density at radius 1 is 1.19 bits per heavy atom. The Balaban J connectivity index is 1.38. The normalized spacial score (nSPS) is 17.1. The number of hydrogen-bond donors (Lipinski definition) is 1. The SMILES string of the molecule is CC(C)CC(=O)Nc1ccc(-c2csc([C@@H]3CN(Cc4ccccc4)CCO3)n2)cc1. The van der Waals surface area contributed by atoms with Crippen molar-refractivity contribution < 1.29 is 9.53 Å². The van der Waals surface area contributed by atoms with Gasteiger partial charge in [0.2, 0.25) is 5.91 Å². The van der Waals surface area contributed by atoms with Crippen LogP contribution in [0.4, 0.5) is 5.69 Å². The van der Waals surface area contributed by atoms with E-state index in [1.54, 1.807) is 11.3 Å². The summed E-state index contributed by atoms with van der Waals surface area (Å²) in [6, 6.07) is 18.4. The van der Waals surface area contributed by atoms with Crippen molar-refractivity contribution in [3.05, 3.63) is 70.5 Å². The molecule has 1 amide bonds. The summed E-state index contributed by atoms with van der Waals surface area (Å²) in [5, 5.41) is 6.05. The van der Waals surface area contributed by atoms with Crippen LogP contribution in [0.15, 0.2) is 60.0 Å². The Kier molecular flexibility index (Phi) is 7.12. The fraction of sp³-hybridized carbons (Fsp3) is 0.360. The Morgan fingerprint density at radius 3 is 2.71 bits per heavy atom. The number of rotatable bonds is 7. The summed E-state index contributed by atoms with van der Waals surface area (Å²) in [6.07, 6.45) is 0.533. The minimum absolute atomic E-state index is 0.00538. The lowest BCUT2D eigenvalue weighted by Crippen LogP contribution is -2.37. The van der Waals surface area contributed by atoms with Gasteiger partial charge >= 0.3 is 0 Å². The summed E-state index contributed by atoms with van der Waals surface area (Å²) in [7, 11) is 0. The van der Waals surface area contributed by atoms with Gasteiger partial charge in [-0.2, -0.15) is 0 Å². The van der Waals surface area contributed by atoms with Crippen molar-refractivity contribution in [2.75, 3.05) is 25.0 Å². The van der Waals surface area contributed by atoms with Crippen LogP contribution in [0.1, 0.15) is 36.9 Å². The topological polar surface area (TPSA) is 54.5 Å². The molecule has 1 N–H and O–H groups in total. The number of nitrogens with one attached hydrogen (secondary N) is 1. The van der Waals surface area contributed by atoms with Gasteiger partial charge in [0, 0.05) is 42.7 Å². The second-order valence-corrected chi connectivity index (χ2v) is 9.26. The summed E-state index contributed by atoms with van der Waals surface area (Å²) in [5.74, 6) is 0.395. The van der Waals surface area contributed by atoms with Gasteiger partial charge < -0.3 is 10.1 Å². The second kappa shape index (κ2) is 10.2. The second-order valence-electron chi connectivity index (χ2n) is 8.37. The molecule has 0 radical (unpaired) electrons. The van der Waals surface area contributed by atoms with Gasteiger partial charge in [-0.3, -0.25) is 9.69 Å². The molecule has 0 spiro atoms. The van der Waals surface area contributed by atoms with E-state index in [0.717, 1.165) is 48.2 Å². The third kappa shape index (κ3) is 6.00. The molecule has 5 nitrogen and oxygen atoms in total. The Bertz CT molecular complexity index is 986. The highest BCUT2D eigenvalue weighted by molar-refractivity contribution is 7.10. The summed E-state index contributed by atoms with van der Waals surface area (Å²) in [5.41, 5.74) is 4.13. The molecule has 1 aromatic heterocycles. The number of aromatic nitrogens is 1. The number of hydrogen-bond acceptors (Lipinski definition) is 5. The first kappa shape index (κ1) is 21.7. The van der Waals surface area contributed by atoms with Gasteiger partial charge in [0.1, 0.15) is 11.1 Å². The molecule has 1 fully saturated rings. The number of ether oxygens (including phenoxy) is 1. The molecule has 0 saturated carbocycles. The largest absolute Gasteiger partial charge is 0.368 e. The van der Waals surface area contributed by atoms with Gasteiger partial charge in [-0.1, -0.05) is 56.3 Å². The monoisotopic (exact) mass is 435 g/mol. The average Bonchev–Trinajstić information content (AvgIpc) is 3.25. The lowest BCUT2D eigenvalue weighted by molar-refractivity contribution is -0.116. The van der Waals surface area contributed by atoms with Crippen LogP contribution in [-0.2, 0) is 16.1 Å². The standard InChI is InChI=1S/C25H29N3O2S/c1-18(2)14-24(29)26-21-10-8-20(9-11-21)22-17-31-25(27-22)23-16-28(12-13-30-23)15-19-6-4-3-5-7-19/h3-11,17-18,23H,12-16H2,1-2H3,(H,26,29)/t23-/m0/s1. The molecule has 1 aliphatic heterocycles. The fourth-order valence-corrected chi connectivity index (χ4v) is 4.58. The fourth-order valence-electron chi connectivity index (χ4n) is 3.71. The molecule has 2 heterocycles. The minimum atomic E-state index is 0.00538. The number of thiazole rings is 1. The molecular weight excluding hydrogens is 406 g/mol. The number of benzene rings is 2. The Labute approximate surface area is 188 Å². The molecule has 6 heteroatoms. The van der Waals surface area contributed by atoms with Crippen LogP contribution in [0.25, 0.3) is 11.3 Å². The van der Waals surface area contributed by atoms with Gasteiger partial charge in [-0.15, -0.1) is 11.3 Å². The van der Waals surface area contributed by atoms with E-state index in [4.69, 9.17) is 9.72 Å². The van der Waals surface area contributed by atoms with E-state index >= 15 is 0 Å². The molecule has 31 heavy (non-hydrogen) atoms. The zero-order chi connectivity index (χ0) is 21.6. The molecule has 3 aromatic rings. The zero-order valence-corrected chi connectivity index (χ0v) is 18.9. The summed E-state index contributed by atoms with van der Waals surface area (Å²) in [4.78, 5) is 19.2. The predicted octanol–water partition coefficient (Wildman–Crippen LogP) is 5.37. The molecule has 1 aliphatic rings. The number of carbonyl (C=O) groups is 1. The van der Waals surface area contributed by atoms with Crippen LogP contribution < -0.4 is 5.32 Å². The number of amides is 1. The van der Waals surface area contributed by atoms with Crippen molar-refractivity contribution >= 4 is 22.9 Å². The predicted molar refractivity (Wildman–Crippen MR) is 126 cm³/mol. The van der Waals surface area contributed by atoms with E-state index in [-0.39, 0.29) is 12.0 Å². The van der Waals surface area contributed by atoms with Crippen LogP contribution in [0, 0.1) is 5.92 Å². The lowest BCUT2D eigenvalue weighted by Gasteiger charge is -2.32. The smallest absolute Gasteiger partial charge is 0.224 e. The maximum atomic E-state index is 12.0. The van der Waals surface area contributed by atoms with E-state index in [9.17, 15) is 4.79 Å². The van der Waals surface area contributed by atoms with Gasteiger partial charge in [0.25, 0.3) is 0 Å². The third-order valence-electron chi connectivity index (χ3n) is 5.26. The van der Waals surface area contributed by atoms with Crippen molar-refractivity contribution in [1.29, 1.82) is 0 Å². The van der Waals surface area contributed by atoms with Crippen molar-refractivity contribution in [2.45, 2.75) is 32.9 Å². The molecular formula is C25H29N3O2S. The molecule has 162 valence electrons. The summed E-state index contributed by atoms with van der Waals surface area (Å²) in [6.45, 7) is 7.52. The number of nitrogens with zero attached hydrogens (tertiary/aromatic N) is 2. The quantitative estimate of drug-likeness (QED) is 0.542. The van der Waals surface area contributed by atoms with E-state index in [0.29, 0.717) is 12.3 Å². The minimum Gasteiger partial charge on any atom is -0.368 e. The molecule has 1 atom stereocenters. The molecule has 0 unspecified atom stereocenters. The van der Waals surface area contributed by atoms with Crippen LogP contribution in [0.5, 0.6) is 0 Å². The average molecular weight is 436 g/mol. The number of morpholine rings is 1. The molecule has 4 rings (SSSR count). The summed E-state index contributed by atoms with van der Waals surface area (Å²) < 4.78 is 6.03. The highest BCUT2D eigenvalue weighted by atomic mass is 32.1. The number of anilines is 1.